The van der Waals surface area contributed by atoms with E-state index in [1.807, 2.05) is 50.2 Å². The maximum absolute atomic E-state index is 12.7. The van der Waals surface area contributed by atoms with Crippen molar-refractivity contribution in [1.29, 1.82) is 0 Å². The van der Waals surface area contributed by atoms with Crippen LogP contribution in [-0.2, 0) is 4.79 Å². The summed E-state index contributed by atoms with van der Waals surface area (Å²) in [5.41, 5.74) is 2.67. The average Bonchev–Trinajstić information content (AvgIpc) is 2.91. The van der Waals surface area contributed by atoms with Crippen LogP contribution in [0.4, 0.5) is 5.95 Å². The van der Waals surface area contributed by atoms with E-state index in [1.165, 1.54) is 0 Å². The molecule has 0 aliphatic heterocycles. The van der Waals surface area contributed by atoms with Gasteiger partial charge in [-0.3, -0.25) is 10.1 Å². The molecule has 118 valence electrons. The fourth-order valence-electron chi connectivity index (χ4n) is 2.72. The van der Waals surface area contributed by atoms with Crippen LogP contribution in [0.5, 0.6) is 0 Å². The molecule has 0 saturated carbocycles. The van der Waals surface area contributed by atoms with Gasteiger partial charge in [0.15, 0.2) is 0 Å². The Morgan fingerprint density at radius 2 is 1.83 bits per heavy atom. The SMILES string of the molecule is CC(C)[C@H](C(=O)Nc1nc2ccccc2[nH]1)c1ccc(Cl)cc1. The third-order valence-electron chi connectivity index (χ3n) is 3.81. The van der Waals surface area contributed by atoms with Crippen molar-refractivity contribution in [2.45, 2.75) is 19.8 Å². The van der Waals surface area contributed by atoms with Gasteiger partial charge in [-0.25, -0.2) is 4.98 Å². The first-order valence-corrected chi connectivity index (χ1v) is 7.93. The van der Waals surface area contributed by atoms with Crippen molar-refractivity contribution in [3.8, 4) is 0 Å². The number of nitrogens with one attached hydrogen (secondary N) is 2. The molecule has 0 spiro atoms. The summed E-state index contributed by atoms with van der Waals surface area (Å²) in [4.78, 5) is 20.2. The van der Waals surface area contributed by atoms with Gasteiger partial charge >= 0.3 is 0 Å². The van der Waals surface area contributed by atoms with Crippen LogP contribution in [0.3, 0.4) is 0 Å². The summed E-state index contributed by atoms with van der Waals surface area (Å²) in [5, 5.41) is 3.55. The van der Waals surface area contributed by atoms with E-state index in [0.717, 1.165) is 16.6 Å². The molecule has 3 aromatic rings. The summed E-state index contributed by atoms with van der Waals surface area (Å²) in [6, 6.07) is 15.1. The van der Waals surface area contributed by atoms with E-state index in [2.05, 4.69) is 15.3 Å². The van der Waals surface area contributed by atoms with Crippen LogP contribution in [-0.4, -0.2) is 15.9 Å². The second-order valence-electron chi connectivity index (χ2n) is 5.87. The minimum atomic E-state index is -0.263. The molecular formula is C18H18ClN3O. The van der Waals surface area contributed by atoms with E-state index in [4.69, 9.17) is 11.6 Å². The summed E-state index contributed by atoms with van der Waals surface area (Å²) in [7, 11) is 0. The second kappa shape index (κ2) is 6.42. The number of H-pyrrole nitrogens is 1. The van der Waals surface area contributed by atoms with Gasteiger partial charge < -0.3 is 4.98 Å². The Bertz CT molecular complexity index is 791. The minimum Gasteiger partial charge on any atom is -0.324 e. The van der Waals surface area contributed by atoms with Gasteiger partial charge in [0.05, 0.1) is 17.0 Å². The van der Waals surface area contributed by atoms with Crippen LogP contribution < -0.4 is 5.32 Å². The van der Waals surface area contributed by atoms with Crippen molar-refractivity contribution >= 4 is 34.5 Å². The highest BCUT2D eigenvalue weighted by Gasteiger charge is 2.25. The molecule has 1 atom stereocenters. The van der Waals surface area contributed by atoms with E-state index in [1.54, 1.807) is 12.1 Å². The van der Waals surface area contributed by atoms with Crippen molar-refractivity contribution < 1.29 is 4.79 Å². The van der Waals surface area contributed by atoms with Gasteiger partial charge in [0.25, 0.3) is 0 Å². The van der Waals surface area contributed by atoms with Crippen molar-refractivity contribution in [2.75, 3.05) is 5.32 Å². The number of aromatic nitrogens is 2. The van der Waals surface area contributed by atoms with Crippen LogP contribution in [0.25, 0.3) is 11.0 Å². The Morgan fingerprint density at radius 1 is 1.13 bits per heavy atom. The Kier molecular flexibility index (Phi) is 4.35. The molecule has 3 rings (SSSR count). The number of anilines is 1. The first-order chi connectivity index (χ1) is 11.0. The molecule has 1 amide bonds. The van der Waals surface area contributed by atoms with Crippen molar-refractivity contribution in [1.82, 2.24) is 9.97 Å². The monoisotopic (exact) mass is 327 g/mol. The van der Waals surface area contributed by atoms with Gasteiger partial charge in [0.1, 0.15) is 0 Å². The summed E-state index contributed by atoms with van der Waals surface area (Å²) in [5.74, 6) is 0.276. The molecule has 0 fully saturated rings. The lowest BCUT2D eigenvalue weighted by molar-refractivity contribution is -0.118. The molecule has 0 aliphatic rings. The predicted octanol–water partition coefficient (Wildman–Crippen LogP) is 4.59. The third-order valence-corrected chi connectivity index (χ3v) is 4.06. The second-order valence-corrected chi connectivity index (χ2v) is 6.30. The van der Waals surface area contributed by atoms with Crippen LogP contribution in [0.2, 0.25) is 5.02 Å². The average molecular weight is 328 g/mol. The number of carbonyl (C=O) groups is 1. The van der Waals surface area contributed by atoms with Gasteiger partial charge in [-0.05, 0) is 35.7 Å². The van der Waals surface area contributed by atoms with E-state index < -0.39 is 0 Å². The zero-order valence-electron chi connectivity index (χ0n) is 13.0. The number of fused-ring (bicyclic) bond motifs is 1. The van der Waals surface area contributed by atoms with Crippen LogP contribution in [0.15, 0.2) is 48.5 Å². The molecule has 2 aromatic carbocycles. The van der Waals surface area contributed by atoms with Gasteiger partial charge in [-0.1, -0.05) is 49.7 Å². The number of carbonyl (C=O) groups excluding carboxylic acids is 1. The van der Waals surface area contributed by atoms with Crippen molar-refractivity contribution in [3.05, 3.63) is 59.1 Å². The Balaban J connectivity index is 1.85. The largest absolute Gasteiger partial charge is 0.324 e. The number of rotatable bonds is 4. The molecule has 0 bridgehead atoms. The fraction of sp³-hybridized carbons (Fsp3) is 0.222. The van der Waals surface area contributed by atoms with E-state index in [9.17, 15) is 4.79 Å². The molecular weight excluding hydrogens is 310 g/mol. The van der Waals surface area contributed by atoms with E-state index in [0.29, 0.717) is 11.0 Å². The summed E-state index contributed by atoms with van der Waals surface area (Å²) >= 11 is 5.93. The van der Waals surface area contributed by atoms with Crippen LogP contribution in [0, 0.1) is 5.92 Å². The molecule has 2 N–H and O–H groups in total. The summed E-state index contributed by atoms with van der Waals surface area (Å²) < 4.78 is 0. The standard InChI is InChI=1S/C18H18ClN3O/c1-11(2)16(12-7-9-13(19)10-8-12)17(23)22-18-20-14-5-3-4-6-15(14)21-18/h3-11,16H,1-2H3,(H2,20,21,22,23)/t16-/m0/s1. The minimum absolute atomic E-state index is 0.0821. The maximum Gasteiger partial charge on any atom is 0.234 e. The first kappa shape index (κ1) is 15.6. The highest BCUT2D eigenvalue weighted by molar-refractivity contribution is 6.30. The van der Waals surface area contributed by atoms with Gasteiger partial charge in [0, 0.05) is 5.02 Å². The number of para-hydroxylation sites is 2. The quantitative estimate of drug-likeness (QED) is 0.736. The fourth-order valence-corrected chi connectivity index (χ4v) is 2.84. The molecule has 23 heavy (non-hydrogen) atoms. The number of halogens is 1. The molecule has 1 heterocycles. The van der Waals surface area contributed by atoms with Crippen molar-refractivity contribution in [3.63, 3.8) is 0 Å². The lowest BCUT2D eigenvalue weighted by Gasteiger charge is -2.20. The predicted molar refractivity (Wildman–Crippen MR) is 93.8 cm³/mol. The number of hydrogen-bond donors (Lipinski definition) is 2. The van der Waals surface area contributed by atoms with Crippen LogP contribution in [0.1, 0.15) is 25.3 Å². The van der Waals surface area contributed by atoms with E-state index >= 15 is 0 Å². The number of nitrogens with zero attached hydrogens (tertiary/aromatic N) is 1. The summed E-state index contributed by atoms with van der Waals surface area (Å²) in [6.45, 7) is 4.05. The maximum atomic E-state index is 12.7. The molecule has 0 unspecified atom stereocenters. The Hall–Kier alpha value is -2.33. The Labute approximate surface area is 139 Å². The molecule has 4 nitrogen and oxygen atoms in total. The first-order valence-electron chi connectivity index (χ1n) is 7.55. The number of aromatic amines is 1. The molecule has 0 saturated heterocycles. The topological polar surface area (TPSA) is 57.8 Å². The molecule has 0 radical (unpaired) electrons. The summed E-state index contributed by atoms with van der Waals surface area (Å²) in [6.07, 6.45) is 0. The normalized spacial score (nSPS) is 12.5. The third kappa shape index (κ3) is 3.37. The van der Waals surface area contributed by atoms with E-state index in [-0.39, 0.29) is 17.7 Å². The van der Waals surface area contributed by atoms with Crippen LogP contribution >= 0.6 is 11.6 Å². The van der Waals surface area contributed by atoms with Gasteiger partial charge in [-0.2, -0.15) is 0 Å². The molecule has 1 aromatic heterocycles. The number of amides is 1. The number of imidazole rings is 1. The smallest absolute Gasteiger partial charge is 0.234 e. The van der Waals surface area contributed by atoms with Gasteiger partial charge in [0.2, 0.25) is 11.9 Å². The zero-order valence-corrected chi connectivity index (χ0v) is 13.8. The lowest BCUT2D eigenvalue weighted by Crippen LogP contribution is -2.25. The molecule has 0 aliphatic carbocycles. The highest BCUT2D eigenvalue weighted by Crippen LogP contribution is 2.27. The van der Waals surface area contributed by atoms with Gasteiger partial charge in [-0.15, -0.1) is 0 Å². The number of hydrogen-bond acceptors (Lipinski definition) is 2. The Morgan fingerprint density at radius 3 is 2.48 bits per heavy atom. The zero-order chi connectivity index (χ0) is 16.4. The highest BCUT2D eigenvalue weighted by atomic mass is 35.5. The van der Waals surface area contributed by atoms with Crippen molar-refractivity contribution in [2.24, 2.45) is 5.92 Å². The lowest BCUT2D eigenvalue weighted by atomic mass is 9.88. The molecule has 5 heteroatoms. The number of benzene rings is 2.